The maximum absolute atomic E-state index is 12.0. The number of rotatable bonds is 10. The minimum atomic E-state index is -0.519. The fraction of sp³-hybridized carbons (Fsp3) is 0.217. The van der Waals surface area contributed by atoms with Crippen molar-refractivity contribution in [3.8, 4) is 17.1 Å². The molecule has 0 saturated heterocycles. The minimum absolute atomic E-state index is 0.157. The second-order valence-corrected chi connectivity index (χ2v) is 6.78. The Morgan fingerprint density at radius 1 is 1.19 bits per heavy atom. The summed E-state index contributed by atoms with van der Waals surface area (Å²) in [5.74, 6) is 1.07. The van der Waals surface area contributed by atoms with E-state index in [0.29, 0.717) is 29.4 Å². The number of unbranched alkanes of at least 4 members (excludes halogenated alkanes) is 1. The van der Waals surface area contributed by atoms with Gasteiger partial charge in [0.1, 0.15) is 23.0 Å². The molecule has 0 saturated carbocycles. The van der Waals surface area contributed by atoms with Crippen LogP contribution in [0.15, 0.2) is 64.1 Å². The van der Waals surface area contributed by atoms with Gasteiger partial charge in [0.05, 0.1) is 36.5 Å². The third-order valence-corrected chi connectivity index (χ3v) is 4.54. The molecule has 0 amide bonds. The summed E-state index contributed by atoms with van der Waals surface area (Å²) in [6, 6.07) is 14.8. The Morgan fingerprint density at radius 2 is 1.97 bits per heavy atom. The fourth-order valence-corrected chi connectivity index (χ4v) is 2.79. The summed E-state index contributed by atoms with van der Waals surface area (Å²) in [5.41, 5.74) is 3.97. The molecule has 0 radical (unpaired) electrons. The first kappa shape index (κ1) is 22.5. The number of nitro groups is 1. The predicted octanol–water partition coefficient (Wildman–Crippen LogP) is 5.27. The topological polar surface area (TPSA) is 116 Å². The molecule has 166 valence electrons. The molecule has 0 aliphatic carbocycles. The molecule has 0 aliphatic rings. The van der Waals surface area contributed by atoms with Crippen LogP contribution in [0, 0.1) is 10.1 Å². The molecule has 9 heteroatoms. The number of hydrazone groups is 1. The third-order valence-electron chi connectivity index (χ3n) is 4.54. The highest BCUT2D eigenvalue weighted by Crippen LogP contribution is 2.29. The molecule has 0 bridgehead atoms. The normalized spacial score (nSPS) is 10.8. The Balaban J connectivity index is 1.64. The molecule has 1 heterocycles. The first-order chi connectivity index (χ1) is 15.5. The molecule has 0 aliphatic heterocycles. The maximum Gasteiger partial charge on any atom is 0.338 e. The first-order valence-electron chi connectivity index (χ1n) is 10.0. The van der Waals surface area contributed by atoms with Crippen LogP contribution < -0.4 is 10.2 Å². The van der Waals surface area contributed by atoms with Crippen molar-refractivity contribution in [2.45, 2.75) is 19.8 Å². The van der Waals surface area contributed by atoms with E-state index in [1.54, 1.807) is 42.5 Å². The van der Waals surface area contributed by atoms with Gasteiger partial charge in [-0.1, -0.05) is 25.5 Å². The summed E-state index contributed by atoms with van der Waals surface area (Å²) < 4.78 is 16.0. The van der Waals surface area contributed by atoms with Crippen molar-refractivity contribution in [3.63, 3.8) is 0 Å². The van der Waals surface area contributed by atoms with Crippen LogP contribution in [-0.2, 0) is 4.74 Å². The number of benzene rings is 2. The zero-order valence-electron chi connectivity index (χ0n) is 17.7. The van der Waals surface area contributed by atoms with E-state index in [-0.39, 0.29) is 17.3 Å². The number of hydrogen-bond acceptors (Lipinski definition) is 8. The third kappa shape index (κ3) is 5.72. The van der Waals surface area contributed by atoms with Crippen LogP contribution in [0.2, 0.25) is 0 Å². The quantitative estimate of drug-likeness (QED) is 0.151. The summed E-state index contributed by atoms with van der Waals surface area (Å²) in [6.45, 7) is 2.44. The zero-order valence-corrected chi connectivity index (χ0v) is 17.7. The molecule has 3 aromatic rings. The van der Waals surface area contributed by atoms with E-state index in [9.17, 15) is 14.9 Å². The summed E-state index contributed by atoms with van der Waals surface area (Å²) in [7, 11) is 1.44. The van der Waals surface area contributed by atoms with Crippen molar-refractivity contribution in [2.24, 2.45) is 5.10 Å². The number of hydrogen-bond donors (Lipinski definition) is 1. The molecule has 1 aromatic heterocycles. The smallest absolute Gasteiger partial charge is 0.338 e. The van der Waals surface area contributed by atoms with Crippen LogP contribution in [-0.4, -0.2) is 30.8 Å². The van der Waals surface area contributed by atoms with E-state index in [4.69, 9.17) is 13.9 Å². The number of nitro benzene ring substituents is 1. The van der Waals surface area contributed by atoms with Crippen LogP contribution in [0.4, 0.5) is 11.4 Å². The Bertz CT molecular complexity index is 1110. The zero-order chi connectivity index (χ0) is 22.9. The van der Waals surface area contributed by atoms with E-state index >= 15 is 0 Å². The highest BCUT2D eigenvalue weighted by molar-refractivity contribution is 5.90. The number of furan rings is 1. The van der Waals surface area contributed by atoms with Gasteiger partial charge in [-0.05, 0) is 42.8 Å². The molecule has 32 heavy (non-hydrogen) atoms. The minimum Gasteiger partial charge on any atom is -0.496 e. The number of nitrogens with one attached hydrogen (secondary N) is 1. The van der Waals surface area contributed by atoms with Crippen molar-refractivity contribution in [2.75, 3.05) is 19.1 Å². The van der Waals surface area contributed by atoms with E-state index in [0.717, 1.165) is 18.4 Å². The SMILES string of the molecule is CCCCOC(=O)c1ccc(-c2ccc(C=NNc3ccc(OC)cc3[N+](=O)[O-])o2)cc1. The molecule has 2 aromatic carbocycles. The van der Waals surface area contributed by atoms with Gasteiger partial charge in [-0.15, -0.1) is 0 Å². The average Bonchev–Trinajstić information content (AvgIpc) is 3.28. The lowest BCUT2D eigenvalue weighted by molar-refractivity contribution is -0.384. The van der Waals surface area contributed by atoms with Crippen LogP contribution >= 0.6 is 0 Å². The van der Waals surface area contributed by atoms with Gasteiger partial charge in [-0.2, -0.15) is 5.10 Å². The summed E-state index contributed by atoms with van der Waals surface area (Å²) >= 11 is 0. The van der Waals surface area contributed by atoms with Gasteiger partial charge in [0, 0.05) is 5.56 Å². The fourth-order valence-electron chi connectivity index (χ4n) is 2.79. The van der Waals surface area contributed by atoms with Gasteiger partial charge in [0.25, 0.3) is 5.69 Å². The number of nitrogens with zero attached hydrogens (tertiary/aromatic N) is 2. The van der Waals surface area contributed by atoms with E-state index in [2.05, 4.69) is 10.5 Å². The first-order valence-corrected chi connectivity index (χ1v) is 10.0. The Morgan fingerprint density at radius 3 is 2.66 bits per heavy atom. The van der Waals surface area contributed by atoms with Crippen molar-refractivity contribution < 1.29 is 23.6 Å². The number of carbonyl (C=O) groups is 1. The monoisotopic (exact) mass is 437 g/mol. The van der Waals surface area contributed by atoms with Crippen LogP contribution in [0.25, 0.3) is 11.3 Å². The van der Waals surface area contributed by atoms with Crippen LogP contribution in [0.3, 0.4) is 0 Å². The molecule has 0 spiro atoms. The van der Waals surface area contributed by atoms with Gasteiger partial charge >= 0.3 is 5.97 Å². The van der Waals surface area contributed by atoms with Crippen molar-refractivity contribution in [1.82, 2.24) is 0 Å². The highest BCUT2D eigenvalue weighted by Gasteiger charge is 2.14. The lowest BCUT2D eigenvalue weighted by Gasteiger charge is -2.04. The highest BCUT2D eigenvalue weighted by atomic mass is 16.6. The second-order valence-electron chi connectivity index (χ2n) is 6.78. The molecule has 0 fully saturated rings. The predicted molar refractivity (Wildman–Crippen MR) is 120 cm³/mol. The Kier molecular flexibility index (Phi) is 7.58. The number of methoxy groups -OCH3 is 1. The maximum atomic E-state index is 12.0. The van der Waals surface area contributed by atoms with Crippen molar-refractivity contribution in [1.29, 1.82) is 0 Å². The standard InChI is InChI=1S/C23H23N3O6/c1-3-4-13-31-23(27)17-7-5-16(6-8-17)22-12-10-19(32-22)15-24-25-20-11-9-18(30-2)14-21(20)26(28)29/h5-12,14-15,25H,3-4,13H2,1-2H3. The molecule has 1 N–H and O–H groups in total. The molecule has 0 unspecified atom stereocenters. The van der Waals surface area contributed by atoms with Gasteiger partial charge in [-0.3, -0.25) is 15.5 Å². The Hall–Kier alpha value is -4.14. The number of ether oxygens (including phenoxy) is 2. The average molecular weight is 437 g/mol. The largest absolute Gasteiger partial charge is 0.496 e. The second kappa shape index (κ2) is 10.8. The van der Waals surface area contributed by atoms with Gasteiger partial charge in [-0.25, -0.2) is 4.79 Å². The summed E-state index contributed by atoms with van der Waals surface area (Å²) in [5, 5.41) is 15.2. The molecule has 0 atom stereocenters. The van der Waals surface area contributed by atoms with Crippen LogP contribution in [0.5, 0.6) is 5.75 Å². The van der Waals surface area contributed by atoms with E-state index in [1.807, 2.05) is 6.92 Å². The van der Waals surface area contributed by atoms with Gasteiger partial charge in [0.15, 0.2) is 0 Å². The molecular weight excluding hydrogens is 414 g/mol. The van der Waals surface area contributed by atoms with Gasteiger partial charge < -0.3 is 13.9 Å². The summed E-state index contributed by atoms with van der Waals surface area (Å²) in [6.07, 6.45) is 3.21. The molecule has 3 rings (SSSR count). The van der Waals surface area contributed by atoms with E-state index in [1.165, 1.54) is 25.5 Å². The molecular formula is C23H23N3O6. The van der Waals surface area contributed by atoms with Gasteiger partial charge in [0.2, 0.25) is 0 Å². The number of esters is 1. The number of carbonyl (C=O) groups excluding carboxylic acids is 1. The van der Waals surface area contributed by atoms with Crippen molar-refractivity contribution in [3.05, 3.63) is 76.0 Å². The molecule has 9 nitrogen and oxygen atoms in total. The van der Waals surface area contributed by atoms with E-state index < -0.39 is 4.92 Å². The Labute approximate surface area is 184 Å². The van der Waals surface area contributed by atoms with Crippen LogP contribution in [0.1, 0.15) is 35.9 Å². The lowest BCUT2D eigenvalue weighted by atomic mass is 10.1. The number of anilines is 1. The lowest BCUT2D eigenvalue weighted by Crippen LogP contribution is -2.05. The summed E-state index contributed by atoms with van der Waals surface area (Å²) in [4.78, 5) is 22.7. The van der Waals surface area contributed by atoms with Crippen molar-refractivity contribution >= 4 is 23.6 Å².